The number of nitrogens with zero attached hydrogens (tertiary/aromatic N) is 1. The summed E-state index contributed by atoms with van der Waals surface area (Å²) in [7, 11) is -0.379. The number of aliphatic imine (C=N–C) groups is 1. The summed E-state index contributed by atoms with van der Waals surface area (Å²) in [4.78, 5) is 4.61. The summed E-state index contributed by atoms with van der Waals surface area (Å²) in [5.41, 5.74) is 3.35. The summed E-state index contributed by atoms with van der Waals surface area (Å²) in [6.07, 6.45) is 4.66. The topological polar surface area (TPSA) is 30.8 Å². The third kappa shape index (κ3) is 2.10. The summed E-state index contributed by atoms with van der Waals surface area (Å²) in [5.74, 6) is 0. The SMILES string of the molecule is CC1=NC2=C(B3OC(C)(C)C(C)(C)O3)CC(Cl)=CC2=C1. The van der Waals surface area contributed by atoms with Gasteiger partial charge >= 0.3 is 7.12 Å². The van der Waals surface area contributed by atoms with Gasteiger partial charge in [0.05, 0.1) is 16.9 Å². The average Bonchev–Trinajstić information content (AvgIpc) is 2.75. The van der Waals surface area contributed by atoms with E-state index in [4.69, 9.17) is 20.9 Å². The normalized spacial score (nSPS) is 27.3. The second-order valence-corrected chi connectivity index (χ2v) is 7.07. The zero-order valence-corrected chi connectivity index (χ0v) is 13.3. The molecule has 0 spiro atoms. The minimum Gasteiger partial charge on any atom is -0.400 e. The molecule has 0 aromatic carbocycles. The molecule has 0 atom stereocenters. The van der Waals surface area contributed by atoms with Crippen molar-refractivity contribution in [3.05, 3.63) is 33.9 Å². The first kappa shape index (κ1) is 14.1. The minimum atomic E-state index is -0.379. The molecule has 0 aromatic heterocycles. The van der Waals surface area contributed by atoms with Crippen LogP contribution in [0.4, 0.5) is 0 Å². The van der Waals surface area contributed by atoms with E-state index in [1.807, 2.05) is 19.1 Å². The van der Waals surface area contributed by atoms with Crippen molar-refractivity contribution in [2.75, 3.05) is 0 Å². The molecule has 0 N–H and O–H groups in total. The van der Waals surface area contributed by atoms with Crippen LogP contribution in [0.25, 0.3) is 0 Å². The fraction of sp³-hybridized carbons (Fsp3) is 0.533. The fourth-order valence-corrected chi connectivity index (χ4v) is 2.86. The molecule has 0 unspecified atom stereocenters. The van der Waals surface area contributed by atoms with Crippen molar-refractivity contribution in [2.45, 2.75) is 52.2 Å². The van der Waals surface area contributed by atoms with Gasteiger partial charge in [0.25, 0.3) is 0 Å². The maximum absolute atomic E-state index is 6.27. The van der Waals surface area contributed by atoms with Crippen molar-refractivity contribution in [1.29, 1.82) is 0 Å². The van der Waals surface area contributed by atoms with Crippen LogP contribution in [0.15, 0.2) is 38.9 Å². The van der Waals surface area contributed by atoms with Gasteiger partial charge in [-0.2, -0.15) is 0 Å². The van der Waals surface area contributed by atoms with Gasteiger partial charge in [-0.1, -0.05) is 11.6 Å². The molecule has 1 fully saturated rings. The summed E-state index contributed by atoms with van der Waals surface area (Å²) < 4.78 is 12.3. The van der Waals surface area contributed by atoms with Crippen LogP contribution in [0.1, 0.15) is 41.0 Å². The lowest BCUT2D eigenvalue weighted by Crippen LogP contribution is -2.41. The van der Waals surface area contributed by atoms with Crippen molar-refractivity contribution >= 4 is 24.4 Å². The number of halogens is 1. The fourth-order valence-electron chi connectivity index (χ4n) is 2.60. The van der Waals surface area contributed by atoms with Crippen molar-refractivity contribution in [1.82, 2.24) is 0 Å². The van der Waals surface area contributed by atoms with E-state index in [1.165, 1.54) is 0 Å². The quantitative estimate of drug-likeness (QED) is 0.688. The van der Waals surface area contributed by atoms with E-state index in [0.717, 1.165) is 27.5 Å². The number of fused-ring (bicyclic) bond motifs is 1. The van der Waals surface area contributed by atoms with Gasteiger partial charge in [0.1, 0.15) is 0 Å². The van der Waals surface area contributed by atoms with Gasteiger partial charge in [0, 0.05) is 22.7 Å². The molecule has 5 heteroatoms. The number of hydrogen-bond acceptors (Lipinski definition) is 3. The molecule has 2 heterocycles. The molecular weight excluding hydrogens is 272 g/mol. The van der Waals surface area contributed by atoms with Crippen molar-refractivity contribution in [3.63, 3.8) is 0 Å². The largest absolute Gasteiger partial charge is 0.493 e. The van der Waals surface area contributed by atoms with Crippen LogP contribution in [0.3, 0.4) is 0 Å². The lowest BCUT2D eigenvalue weighted by Gasteiger charge is -2.32. The predicted molar refractivity (Wildman–Crippen MR) is 82.9 cm³/mol. The summed E-state index contributed by atoms with van der Waals surface area (Å²) in [6, 6.07) is 0. The predicted octanol–water partition coefficient (Wildman–Crippen LogP) is 3.80. The Bertz CT molecular complexity index is 583. The second kappa shape index (κ2) is 4.33. The average molecular weight is 292 g/mol. The van der Waals surface area contributed by atoms with E-state index in [1.54, 1.807) is 0 Å². The molecule has 0 saturated carbocycles. The Balaban J connectivity index is 2.00. The molecule has 0 radical (unpaired) electrons. The van der Waals surface area contributed by atoms with Crippen LogP contribution in [-0.2, 0) is 9.31 Å². The maximum Gasteiger partial charge on any atom is 0.493 e. The molecule has 0 bridgehead atoms. The highest BCUT2D eigenvalue weighted by molar-refractivity contribution is 6.55. The van der Waals surface area contributed by atoms with Crippen molar-refractivity contribution in [2.24, 2.45) is 4.99 Å². The molecule has 20 heavy (non-hydrogen) atoms. The molecule has 0 aromatic rings. The molecule has 1 aliphatic carbocycles. The Kier molecular flexibility index (Phi) is 3.05. The molecule has 0 amide bonds. The zero-order chi connectivity index (χ0) is 14.7. The van der Waals surface area contributed by atoms with Crippen LogP contribution < -0.4 is 0 Å². The van der Waals surface area contributed by atoms with Crippen LogP contribution in [0.5, 0.6) is 0 Å². The van der Waals surface area contributed by atoms with Crippen LogP contribution >= 0.6 is 11.6 Å². The van der Waals surface area contributed by atoms with E-state index >= 15 is 0 Å². The molecule has 3 rings (SSSR count). The molecule has 106 valence electrons. The van der Waals surface area contributed by atoms with Gasteiger partial charge < -0.3 is 9.31 Å². The van der Waals surface area contributed by atoms with Crippen LogP contribution in [-0.4, -0.2) is 24.0 Å². The Morgan fingerprint density at radius 3 is 2.35 bits per heavy atom. The highest BCUT2D eigenvalue weighted by atomic mass is 35.5. The highest BCUT2D eigenvalue weighted by Crippen LogP contribution is 2.43. The summed E-state index contributed by atoms with van der Waals surface area (Å²) in [6.45, 7) is 10.2. The van der Waals surface area contributed by atoms with E-state index in [9.17, 15) is 0 Å². The molecule has 1 saturated heterocycles. The molecule has 3 aliphatic rings. The maximum atomic E-state index is 6.27. The Labute approximate surface area is 125 Å². The number of allylic oxidation sites excluding steroid dienone is 4. The van der Waals surface area contributed by atoms with Gasteiger partial charge in [-0.25, -0.2) is 0 Å². The Morgan fingerprint density at radius 1 is 1.15 bits per heavy atom. The van der Waals surface area contributed by atoms with Crippen LogP contribution in [0, 0.1) is 0 Å². The highest BCUT2D eigenvalue weighted by Gasteiger charge is 2.53. The monoisotopic (exact) mass is 291 g/mol. The smallest absolute Gasteiger partial charge is 0.400 e. The van der Waals surface area contributed by atoms with Gasteiger partial charge in [0.15, 0.2) is 0 Å². The van der Waals surface area contributed by atoms with E-state index in [-0.39, 0.29) is 18.3 Å². The second-order valence-electron chi connectivity index (χ2n) is 6.58. The number of hydrogen-bond donors (Lipinski definition) is 0. The van der Waals surface area contributed by atoms with Crippen molar-refractivity contribution < 1.29 is 9.31 Å². The Hall–Kier alpha value is -0.835. The zero-order valence-electron chi connectivity index (χ0n) is 12.6. The van der Waals surface area contributed by atoms with E-state index < -0.39 is 0 Å². The molecule has 3 nitrogen and oxygen atoms in total. The van der Waals surface area contributed by atoms with E-state index in [2.05, 4.69) is 32.7 Å². The first-order chi connectivity index (χ1) is 9.19. The first-order valence-corrected chi connectivity index (χ1v) is 7.29. The lowest BCUT2D eigenvalue weighted by atomic mass is 9.72. The Morgan fingerprint density at radius 2 is 1.75 bits per heavy atom. The third-order valence-corrected chi connectivity index (χ3v) is 4.68. The van der Waals surface area contributed by atoms with E-state index in [0.29, 0.717) is 6.42 Å². The minimum absolute atomic E-state index is 0.347. The summed E-state index contributed by atoms with van der Waals surface area (Å²) >= 11 is 6.27. The lowest BCUT2D eigenvalue weighted by molar-refractivity contribution is 0.00578. The van der Waals surface area contributed by atoms with Gasteiger partial charge in [-0.05, 0) is 52.2 Å². The van der Waals surface area contributed by atoms with Gasteiger partial charge in [0.2, 0.25) is 0 Å². The molecular formula is C15H19BClNO2. The van der Waals surface area contributed by atoms with Gasteiger partial charge in [-0.3, -0.25) is 4.99 Å². The van der Waals surface area contributed by atoms with Crippen molar-refractivity contribution in [3.8, 4) is 0 Å². The third-order valence-electron chi connectivity index (χ3n) is 4.44. The number of rotatable bonds is 1. The van der Waals surface area contributed by atoms with Crippen LogP contribution in [0.2, 0.25) is 0 Å². The first-order valence-electron chi connectivity index (χ1n) is 6.92. The standard InChI is InChI=1S/C15H19BClNO2/c1-9-6-10-7-11(17)8-12(13(10)18-9)16-19-14(2,3)15(4,5)20-16/h6-7H,8H2,1-5H3. The molecule has 2 aliphatic heterocycles. The summed E-state index contributed by atoms with van der Waals surface area (Å²) in [5, 5.41) is 0.801. The van der Waals surface area contributed by atoms with Gasteiger partial charge in [-0.15, -0.1) is 0 Å².